The molecule has 0 saturated carbocycles. The van der Waals surface area contributed by atoms with Crippen molar-refractivity contribution in [3.05, 3.63) is 48.6 Å². The highest BCUT2D eigenvalue weighted by atomic mass is 32.2. The van der Waals surface area contributed by atoms with E-state index in [1.54, 1.807) is 11.8 Å². The van der Waals surface area contributed by atoms with E-state index in [1.165, 1.54) is 12.8 Å². The van der Waals surface area contributed by atoms with E-state index >= 15 is 0 Å². The molecule has 0 heterocycles. The minimum atomic E-state index is -0.732. The molecule has 0 aromatic carbocycles. The topological polar surface area (TPSA) is 57.5 Å². The van der Waals surface area contributed by atoms with Crippen LogP contribution in [0.2, 0.25) is 0 Å². The van der Waals surface area contributed by atoms with E-state index in [2.05, 4.69) is 32.1 Å². The lowest BCUT2D eigenvalue weighted by molar-refractivity contribution is -0.137. The first-order valence-electron chi connectivity index (χ1n) is 9.78. The van der Waals surface area contributed by atoms with Gasteiger partial charge < -0.3 is 10.2 Å². The molecule has 0 radical (unpaired) electrons. The van der Waals surface area contributed by atoms with Crippen molar-refractivity contribution >= 4 is 17.7 Å². The number of unbranched alkanes of at least 4 members (excludes halogenated alkanes) is 3. The summed E-state index contributed by atoms with van der Waals surface area (Å²) in [7, 11) is 0. The van der Waals surface area contributed by atoms with E-state index in [0.717, 1.165) is 31.4 Å². The normalized spacial score (nSPS) is 14.9. The zero-order valence-electron chi connectivity index (χ0n) is 16.3. The number of thioether (sulfide) groups is 1. The third-order valence-electron chi connectivity index (χ3n) is 3.81. The largest absolute Gasteiger partial charge is 0.481 e. The summed E-state index contributed by atoms with van der Waals surface area (Å²) in [6.07, 6.45) is 22.9. The van der Waals surface area contributed by atoms with Crippen molar-refractivity contribution < 1.29 is 15.0 Å². The van der Waals surface area contributed by atoms with E-state index in [1.807, 2.05) is 30.4 Å². The van der Waals surface area contributed by atoms with Gasteiger partial charge in [-0.15, -0.1) is 0 Å². The molecule has 0 amide bonds. The molecule has 0 aliphatic heterocycles. The van der Waals surface area contributed by atoms with Crippen LogP contribution in [-0.4, -0.2) is 33.3 Å². The molecule has 0 spiro atoms. The maximum atomic E-state index is 10.4. The number of carbonyl (C=O) groups is 1. The second kappa shape index (κ2) is 18.5. The monoisotopic (exact) mass is 380 g/mol. The third-order valence-corrected chi connectivity index (χ3v) is 5.00. The Balaban J connectivity index is 4.05. The second-order valence-corrected chi connectivity index (χ2v) is 7.63. The molecule has 0 aliphatic carbocycles. The van der Waals surface area contributed by atoms with Crippen LogP contribution in [0.15, 0.2) is 48.6 Å². The van der Waals surface area contributed by atoms with Gasteiger partial charge in [0.1, 0.15) is 0 Å². The number of aliphatic carboxylic acids is 1. The molecule has 0 aliphatic rings. The van der Waals surface area contributed by atoms with E-state index in [4.69, 9.17) is 5.11 Å². The number of rotatable bonds is 16. The molecule has 2 N–H and O–H groups in total. The first kappa shape index (κ1) is 24.7. The van der Waals surface area contributed by atoms with Crippen LogP contribution in [0.3, 0.4) is 0 Å². The maximum absolute atomic E-state index is 10.4. The van der Waals surface area contributed by atoms with E-state index in [0.29, 0.717) is 6.42 Å². The zero-order valence-corrected chi connectivity index (χ0v) is 17.2. The van der Waals surface area contributed by atoms with Crippen LogP contribution in [0.1, 0.15) is 65.2 Å². The average Bonchev–Trinajstić information content (AvgIpc) is 2.61. The van der Waals surface area contributed by atoms with Gasteiger partial charge in [-0.25, -0.2) is 0 Å². The number of carboxylic acids is 1. The van der Waals surface area contributed by atoms with Crippen LogP contribution in [0.25, 0.3) is 0 Å². The van der Waals surface area contributed by atoms with Crippen LogP contribution >= 0.6 is 11.8 Å². The minimum absolute atomic E-state index is 0.166. The molecule has 4 heteroatoms. The van der Waals surface area contributed by atoms with Gasteiger partial charge in [0.25, 0.3) is 0 Å². The molecular weight excluding hydrogens is 344 g/mol. The van der Waals surface area contributed by atoms with Crippen LogP contribution < -0.4 is 0 Å². The average molecular weight is 381 g/mol. The van der Waals surface area contributed by atoms with E-state index in [-0.39, 0.29) is 17.8 Å². The SMILES string of the molecule is CCCCC[C@H](O)[C@@H](/C=C/C=C/C=C\C/C=C\CCCC(=O)O)SCC. The molecule has 26 heavy (non-hydrogen) atoms. The molecular formula is C22H36O3S. The Morgan fingerprint density at radius 3 is 2.46 bits per heavy atom. The lowest BCUT2D eigenvalue weighted by atomic mass is 10.1. The Morgan fingerprint density at radius 2 is 1.77 bits per heavy atom. The molecule has 148 valence electrons. The fourth-order valence-electron chi connectivity index (χ4n) is 2.38. The molecule has 0 unspecified atom stereocenters. The van der Waals surface area contributed by atoms with Gasteiger partial charge in [0, 0.05) is 11.7 Å². The molecule has 0 saturated heterocycles. The van der Waals surface area contributed by atoms with Crippen molar-refractivity contribution in [3.63, 3.8) is 0 Å². The molecule has 0 fully saturated rings. The number of aliphatic hydroxyl groups excluding tert-OH is 1. The number of hydrogen-bond acceptors (Lipinski definition) is 3. The highest BCUT2D eigenvalue weighted by Gasteiger charge is 2.15. The van der Waals surface area contributed by atoms with Gasteiger partial charge in [0.05, 0.1) is 6.10 Å². The lowest BCUT2D eigenvalue weighted by Crippen LogP contribution is -2.21. The fourth-order valence-corrected chi connectivity index (χ4v) is 3.32. The summed E-state index contributed by atoms with van der Waals surface area (Å²) in [6.45, 7) is 4.30. The molecule has 2 atom stereocenters. The first-order valence-corrected chi connectivity index (χ1v) is 10.8. The Labute approximate surface area is 164 Å². The van der Waals surface area contributed by atoms with E-state index in [9.17, 15) is 9.90 Å². The fraction of sp³-hybridized carbons (Fsp3) is 0.591. The molecule has 0 rings (SSSR count). The summed E-state index contributed by atoms with van der Waals surface area (Å²) >= 11 is 1.79. The van der Waals surface area contributed by atoms with Gasteiger partial charge in [-0.3, -0.25) is 4.79 Å². The number of aliphatic hydroxyl groups is 1. The standard InChI is InChI=1S/C22H36O3S/c1-3-5-14-17-20(23)21(26-4-2)18-15-12-10-8-6-7-9-11-13-16-19-22(24)25/h6,8-12,15,18,20-21,23H,3-5,7,13-14,16-17,19H2,1-2H3,(H,24,25)/b8-6-,11-9-,12-10+,18-15+/t20-,21+/m0/s1. The Kier molecular flexibility index (Phi) is 17.6. The summed E-state index contributed by atoms with van der Waals surface area (Å²) in [4.78, 5) is 10.4. The highest BCUT2D eigenvalue weighted by molar-refractivity contribution is 8.00. The van der Waals surface area contributed by atoms with Crippen molar-refractivity contribution in [3.8, 4) is 0 Å². The predicted octanol–water partition coefficient (Wildman–Crippen LogP) is 5.92. The summed E-state index contributed by atoms with van der Waals surface area (Å²) in [5.41, 5.74) is 0. The minimum Gasteiger partial charge on any atom is -0.481 e. The smallest absolute Gasteiger partial charge is 0.303 e. The van der Waals surface area contributed by atoms with Crippen LogP contribution in [-0.2, 0) is 4.79 Å². The summed E-state index contributed by atoms with van der Waals surface area (Å²) in [5, 5.41) is 19.0. The van der Waals surface area contributed by atoms with Gasteiger partial charge >= 0.3 is 5.97 Å². The Morgan fingerprint density at radius 1 is 1.00 bits per heavy atom. The summed E-state index contributed by atoms with van der Waals surface area (Å²) in [6, 6.07) is 0. The summed E-state index contributed by atoms with van der Waals surface area (Å²) < 4.78 is 0. The predicted molar refractivity (Wildman–Crippen MR) is 115 cm³/mol. The van der Waals surface area contributed by atoms with Gasteiger partial charge in [-0.05, 0) is 31.4 Å². The third kappa shape index (κ3) is 16.2. The maximum Gasteiger partial charge on any atom is 0.303 e. The zero-order chi connectivity index (χ0) is 19.5. The van der Waals surface area contributed by atoms with Gasteiger partial charge in [-0.1, -0.05) is 81.7 Å². The van der Waals surface area contributed by atoms with Gasteiger partial charge in [-0.2, -0.15) is 11.8 Å². The van der Waals surface area contributed by atoms with Crippen molar-refractivity contribution in [1.29, 1.82) is 0 Å². The molecule has 0 bridgehead atoms. The van der Waals surface area contributed by atoms with Crippen LogP contribution in [0, 0.1) is 0 Å². The first-order chi connectivity index (χ1) is 12.6. The van der Waals surface area contributed by atoms with Crippen molar-refractivity contribution in [1.82, 2.24) is 0 Å². The van der Waals surface area contributed by atoms with Crippen molar-refractivity contribution in [2.24, 2.45) is 0 Å². The number of hydrogen-bond donors (Lipinski definition) is 2. The van der Waals surface area contributed by atoms with Crippen molar-refractivity contribution in [2.75, 3.05) is 5.75 Å². The van der Waals surface area contributed by atoms with Crippen LogP contribution in [0.5, 0.6) is 0 Å². The Hall–Kier alpha value is -1.26. The summed E-state index contributed by atoms with van der Waals surface area (Å²) in [5.74, 6) is 0.270. The van der Waals surface area contributed by atoms with Gasteiger partial charge in [0.2, 0.25) is 0 Å². The van der Waals surface area contributed by atoms with Crippen molar-refractivity contribution in [2.45, 2.75) is 76.6 Å². The Bertz CT molecular complexity index is 452. The lowest BCUT2D eigenvalue weighted by Gasteiger charge is -2.18. The second-order valence-electron chi connectivity index (χ2n) is 6.17. The molecule has 3 nitrogen and oxygen atoms in total. The van der Waals surface area contributed by atoms with Crippen LogP contribution in [0.4, 0.5) is 0 Å². The highest BCUT2D eigenvalue weighted by Crippen LogP contribution is 2.20. The molecule has 0 aromatic rings. The quantitative estimate of drug-likeness (QED) is 0.198. The van der Waals surface area contributed by atoms with E-state index < -0.39 is 5.97 Å². The number of carboxylic acid groups (broad SMARTS) is 1. The molecule has 0 aromatic heterocycles. The van der Waals surface area contributed by atoms with Gasteiger partial charge in [0.15, 0.2) is 0 Å². The number of allylic oxidation sites excluding steroid dienone is 7.